The molecule has 1 aliphatic heterocycles. The van der Waals surface area contributed by atoms with E-state index in [2.05, 4.69) is 5.32 Å². The number of aliphatic carboxylic acids is 2. The average molecular weight is 321 g/mol. The zero-order valence-corrected chi connectivity index (χ0v) is 12.4. The molecular weight excluding hydrogens is 300 g/mol. The quantitative estimate of drug-likeness (QED) is 0.338. The Morgan fingerprint density at radius 3 is 2.45 bits per heavy atom. The Hall–Kier alpha value is -2.16. The van der Waals surface area contributed by atoms with Gasteiger partial charge in [0, 0.05) is 13.0 Å². The van der Waals surface area contributed by atoms with E-state index in [9.17, 15) is 19.2 Å². The second-order valence-electron chi connectivity index (χ2n) is 5.42. The predicted molar refractivity (Wildman–Crippen MR) is 74.8 cm³/mol. The van der Waals surface area contributed by atoms with Gasteiger partial charge in [-0.05, 0) is 26.2 Å². The average Bonchev–Trinajstić information content (AvgIpc) is 2.85. The lowest BCUT2D eigenvalue weighted by molar-refractivity contribution is -0.147. The molecule has 1 aliphatic rings. The third-order valence-corrected chi connectivity index (χ3v) is 3.86. The van der Waals surface area contributed by atoms with Crippen LogP contribution in [0.4, 0.5) is 0 Å². The van der Waals surface area contributed by atoms with Gasteiger partial charge in [0.15, 0.2) is 0 Å². The van der Waals surface area contributed by atoms with Crippen molar-refractivity contribution in [3.05, 3.63) is 0 Å². The van der Waals surface area contributed by atoms with E-state index in [-0.39, 0.29) is 25.3 Å². The molecule has 2 amide bonds. The maximum absolute atomic E-state index is 12.4. The molecule has 5 N–H and O–H groups in total. The van der Waals surface area contributed by atoms with Crippen molar-refractivity contribution in [1.82, 2.24) is 10.2 Å². The SMILES string of the molecule is C[C@@]1(C(=O)[15NH][13C@@H]([13CH2][13CH2][13C](=O)O)[13C](=O)O)CCCN1C(=O)CN. The van der Waals surface area contributed by atoms with Crippen LogP contribution in [0.3, 0.4) is 0 Å². The number of nitrogens with zero attached hydrogens (tertiary/aromatic N) is 1. The molecule has 0 radical (unpaired) electrons. The zero-order chi connectivity index (χ0) is 16.9. The molecule has 0 aromatic carbocycles. The number of carbonyl (C=O) groups excluding carboxylic acids is 2. The van der Waals surface area contributed by atoms with E-state index in [1.165, 1.54) is 4.90 Å². The van der Waals surface area contributed by atoms with Gasteiger partial charge >= 0.3 is 11.9 Å². The van der Waals surface area contributed by atoms with E-state index in [0.717, 1.165) is 0 Å². The van der Waals surface area contributed by atoms with Crippen molar-refractivity contribution in [2.45, 2.75) is 44.2 Å². The van der Waals surface area contributed by atoms with E-state index < -0.39 is 29.4 Å². The third-order valence-electron chi connectivity index (χ3n) is 3.86. The van der Waals surface area contributed by atoms with Gasteiger partial charge in [0.2, 0.25) is 11.8 Å². The topological polar surface area (TPSA) is 150 Å². The Kier molecular flexibility index (Phi) is 5.86. The molecule has 9 nitrogen and oxygen atoms in total. The lowest BCUT2D eigenvalue weighted by Gasteiger charge is -2.34. The summed E-state index contributed by atoms with van der Waals surface area (Å²) in [6, 6.07) is -1.31. The van der Waals surface area contributed by atoms with E-state index in [1.807, 2.05) is 0 Å². The van der Waals surface area contributed by atoms with Crippen molar-refractivity contribution in [1.29, 1.82) is 0 Å². The molecule has 124 valence electrons. The van der Waals surface area contributed by atoms with Gasteiger partial charge in [0.25, 0.3) is 0 Å². The normalized spacial score (nSPS) is 22.2. The minimum atomic E-state index is -1.31. The Balaban J connectivity index is 2.81. The van der Waals surface area contributed by atoms with Crippen LogP contribution in [0, 0.1) is 0 Å². The third kappa shape index (κ3) is 3.94. The minimum absolute atomic E-state index is 0.225. The molecule has 0 aromatic rings. The lowest BCUT2D eigenvalue weighted by atomic mass is 9.98. The van der Waals surface area contributed by atoms with Gasteiger partial charge in [-0.15, -0.1) is 0 Å². The highest BCUT2D eigenvalue weighted by atomic mass is 16.5. The number of hydrogen-bond acceptors (Lipinski definition) is 5. The fraction of sp³-hybridized carbons (Fsp3) is 0.692. The molecule has 2 atom stereocenters. The van der Waals surface area contributed by atoms with Crippen molar-refractivity contribution in [2.24, 2.45) is 5.73 Å². The Morgan fingerprint density at radius 1 is 1.32 bits per heavy atom. The number of carboxylic acid groups (broad SMARTS) is 2. The van der Waals surface area contributed by atoms with Crippen molar-refractivity contribution in [3.8, 4) is 0 Å². The number of likely N-dealkylation sites (tertiary alicyclic amines) is 1. The number of nitrogens with one attached hydrogen (secondary N) is 1. The van der Waals surface area contributed by atoms with E-state index >= 15 is 0 Å². The Labute approximate surface area is 127 Å². The molecule has 0 aliphatic carbocycles. The lowest BCUT2D eigenvalue weighted by Crippen LogP contribution is -2.59. The summed E-state index contributed by atoms with van der Waals surface area (Å²) >= 11 is 0. The van der Waals surface area contributed by atoms with Crippen LogP contribution in [0.1, 0.15) is 32.6 Å². The molecule has 1 fully saturated rings. The molecule has 1 rings (SSSR count). The van der Waals surface area contributed by atoms with Gasteiger partial charge in [-0.1, -0.05) is 0 Å². The molecule has 9 heteroatoms. The number of nitrogens with two attached hydrogens (primary N) is 1. The minimum Gasteiger partial charge on any atom is -0.481 e. The summed E-state index contributed by atoms with van der Waals surface area (Å²) in [6.07, 6.45) is 0.412. The molecular formula is C13H21N3O6. The van der Waals surface area contributed by atoms with Gasteiger partial charge in [-0.25, -0.2) is 4.79 Å². The Bertz CT molecular complexity index is 480. The highest BCUT2D eigenvalue weighted by Gasteiger charge is 2.46. The van der Waals surface area contributed by atoms with Crippen LogP contribution >= 0.6 is 0 Å². The first-order valence-corrected chi connectivity index (χ1v) is 6.98. The van der Waals surface area contributed by atoms with E-state index in [1.54, 1.807) is 6.92 Å². The number of carboxylic acids is 2. The fourth-order valence-electron chi connectivity index (χ4n) is 2.55. The second-order valence-corrected chi connectivity index (χ2v) is 5.42. The standard InChI is InChI=1S/C13H21N3O6/c1-13(5-2-6-16(13)9(17)7-14)12(22)15-8(11(20)21)3-4-10(18)19/h8H,2-7,14H2,1H3,(H,15,22)(H,18,19)(H,20,21)/t8-,13-/m0/s1/i3+1,4+1,8+1,10+1,11+1,15+1. The number of carbonyl (C=O) groups is 4. The molecule has 0 aromatic heterocycles. The van der Waals surface area contributed by atoms with Crippen LogP contribution in [-0.4, -0.2) is 63.5 Å². The summed E-state index contributed by atoms with van der Waals surface area (Å²) in [4.78, 5) is 47.2. The van der Waals surface area contributed by atoms with Crippen LogP contribution in [0.5, 0.6) is 0 Å². The molecule has 0 unspecified atom stereocenters. The number of amides is 2. The maximum Gasteiger partial charge on any atom is 0.326 e. The molecule has 0 saturated carbocycles. The number of hydrogen-bond donors (Lipinski definition) is 4. The van der Waals surface area contributed by atoms with Gasteiger partial charge in [-0.3, -0.25) is 14.4 Å². The van der Waals surface area contributed by atoms with E-state index in [4.69, 9.17) is 15.9 Å². The highest BCUT2D eigenvalue weighted by molar-refractivity contribution is 5.94. The number of rotatable bonds is 7. The summed E-state index contributed by atoms with van der Waals surface area (Å²) in [5.74, 6) is -3.45. The second kappa shape index (κ2) is 7.21. The van der Waals surface area contributed by atoms with Crippen LogP contribution in [0.25, 0.3) is 0 Å². The molecule has 22 heavy (non-hydrogen) atoms. The first-order chi connectivity index (χ1) is 10.2. The first-order valence-electron chi connectivity index (χ1n) is 6.98. The van der Waals surface area contributed by atoms with Crippen molar-refractivity contribution >= 4 is 23.8 Å². The highest BCUT2D eigenvalue weighted by Crippen LogP contribution is 2.29. The molecule has 1 saturated heterocycles. The smallest absolute Gasteiger partial charge is 0.326 e. The van der Waals surface area contributed by atoms with Crippen LogP contribution in [0.15, 0.2) is 0 Å². The van der Waals surface area contributed by atoms with Crippen molar-refractivity contribution in [3.63, 3.8) is 0 Å². The predicted octanol–water partition coefficient (Wildman–Crippen LogP) is -1.24. The fourth-order valence-corrected chi connectivity index (χ4v) is 2.55. The summed E-state index contributed by atoms with van der Waals surface area (Å²) < 4.78 is 0. The zero-order valence-electron chi connectivity index (χ0n) is 12.4. The molecule has 1 heterocycles. The summed E-state index contributed by atoms with van der Waals surface area (Å²) in [5.41, 5.74) is 4.16. The van der Waals surface area contributed by atoms with Crippen LogP contribution in [0.2, 0.25) is 0 Å². The summed E-state index contributed by atoms with van der Waals surface area (Å²) in [7, 11) is 0. The van der Waals surface area contributed by atoms with Crippen molar-refractivity contribution < 1.29 is 29.4 Å². The Morgan fingerprint density at radius 2 is 1.95 bits per heavy atom. The molecule has 0 spiro atoms. The van der Waals surface area contributed by atoms with Gasteiger partial charge in [-0.2, -0.15) is 0 Å². The van der Waals surface area contributed by atoms with E-state index in [0.29, 0.717) is 19.4 Å². The maximum atomic E-state index is 12.4. The van der Waals surface area contributed by atoms with Gasteiger partial charge in [0.1, 0.15) is 11.6 Å². The first kappa shape index (κ1) is 17.9. The molecule has 0 bridgehead atoms. The summed E-state index contributed by atoms with van der Waals surface area (Å²) in [6.45, 7) is 1.70. The van der Waals surface area contributed by atoms with Crippen LogP contribution < -0.4 is 11.1 Å². The van der Waals surface area contributed by atoms with Crippen molar-refractivity contribution in [2.75, 3.05) is 13.1 Å². The van der Waals surface area contributed by atoms with Gasteiger partial charge < -0.3 is 26.2 Å². The monoisotopic (exact) mass is 321 g/mol. The summed E-state index contributed by atoms with van der Waals surface area (Å²) in [5, 5.41) is 20.0. The van der Waals surface area contributed by atoms with Gasteiger partial charge in [0.05, 0.1) is 6.54 Å². The van der Waals surface area contributed by atoms with Crippen LogP contribution in [-0.2, 0) is 19.2 Å². The largest absolute Gasteiger partial charge is 0.481 e.